The second-order valence-electron chi connectivity index (χ2n) is 6.69. The van der Waals surface area contributed by atoms with Gasteiger partial charge in [-0.05, 0) is 51.0 Å². The lowest BCUT2D eigenvalue weighted by molar-refractivity contribution is -0.139. The van der Waals surface area contributed by atoms with Crippen LogP contribution in [0.15, 0.2) is 39.9 Å². The van der Waals surface area contributed by atoms with Crippen LogP contribution in [-0.2, 0) is 14.3 Å². The van der Waals surface area contributed by atoms with E-state index in [1.807, 2.05) is 44.2 Å². The number of carbonyl (C=O) groups excluding carboxylic acids is 2. The number of aryl methyl sites for hydroxylation is 1. The fourth-order valence-corrected chi connectivity index (χ4v) is 3.62. The molecule has 2 heterocycles. The molecule has 0 unspecified atom stereocenters. The van der Waals surface area contributed by atoms with E-state index in [1.54, 1.807) is 6.21 Å². The van der Waals surface area contributed by atoms with Gasteiger partial charge in [0.2, 0.25) is 0 Å². The first-order chi connectivity index (χ1) is 13.5. The first-order valence-corrected chi connectivity index (χ1v) is 9.92. The second-order valence-corrected chi connectivity index (χ2v) is 7.60. The van der Waals surface area contributed by atoms with E-state index in [0.29, 0.717) is 13.2 Å². The van der Waals surface area contributed by atoms with Crippen LogP contribution in [-0.4, -0.2) is 41.9 Å². The highest BCUT2D eigenvalue weighted by atomic mass is 79.9. The first-order valence-electron chi connectivity index (χ1n) is 9.13. The van der Waals surface area contributed by atoms with E-state index in [9.17, 15) is 9.59 Å². The molecular formula is C20H23BrN4O3. The summed E-state index contributed by atoms with van der Waals surface area (Å²) in [5, 5.41) is 6.50. The average molecular weight is 447 g/mol. The molecule has 0 saturated carbocycles. The lowest BCUT2D eigenvalue weighted by Crippen LogP contribution is -2.41. The van der Waals surface area contributed by atoms with Crippen LogP contribution in [0.1, 0.15) is 29.8 Å². The van der Waals surface area contributed by atoms with Gasteiger partial charge in [0, 0.05) is 40.3 Å². The van der Waals surface area contributed by atoms with Crippen LogP contribution in [0.2, 0.25) is 0 Å². The minimum absolute atomic E-state index is 0.0105. The molecule has 1 aliphatic rings. The summed E-state index contributed by atoms with van der Waals surface area (Å²) in [6.07, 6.45) is 3.41. The molecule has 1 aromatic heterocycles. The zero-order valence-electron chi connectivity index (χ0n) is 15.9. The SMILES string of the molecule is Cc1cc(/C=N\NC(=O)C(=O)NC[C@H]2CCCO2)c(C)n1-c1cccc(Br)c1. The van der Waals surface area contributed by atoms with Crippen molar-refractivity contribution in [2.75, 3.05) is 13.2 Å². The zero-order chi connectivity index (χ0) is 20.1. The van der Waals surface area contributed by atoms with Gasteiger partial charge in [-0.25, -0.2) is 5.43 Å². The van der Waals surface area contributed by atoms with Gasteiger partial charge in [-0.1, -0.05) is 22.0 Å². The number of carbonyl (C=O) groups is 2. The summed E-state index contributed by atoms with van der Waals surface area (Å²) in [6.45, 7) is 5.02. The fourth-order valence-electron chi connectivity index (χ4n) is 3.23. The molecule has 0 spiro atoms. The molecule has 7 nitrogen and oxygen atoms in total. The van der Waals surface area contributed by atoms with Crippen molar-refractivity contribution >= 4 is 34.0 Å². The van der Waals surface area contributed by atoms with Gasteiger partial charge in [0.25, 0.3) is 0 Å². The minimum atomic E-state index is -0.796. The van der Waals surface area contributed by atoms with Crippen LogP contribution in [0.5, 0.6) is 0 Å². The first kappa shape index (κ1) is 20.3. The zero-order valence-corrected chi connectivity index (χ0v) is 17.5. The van der Waals surface area contributed by atoms with Gasteiger partial charge < -0.3 is 14.6 Å². The molecular weight excluding hydrogens is 424 g/mol. The highest BCUT2D eigenvalue weighted by Gasteiger charge is 2.19. The highest BCUT2D eigenvalue weighted by Crippen LogP contribution is 2.22. The summed E-state index contributed by atoms with van der Waals surface area (Å²) in [6, 6.07) is 9.97. The average Bonchev–Trinajstić information content (AvgIpc) is 3.27. The Morgan fingerprint density at radius 2 is 2.14 bits per heavy atom. The van der Waals surface area contributed by atoms with Crippen molar-refractivity contribution in [3.05, 3.63) is 51.8 Å². The highest BCUT2D eigenvalue weighted by molar-refractivity contribution is 9.10. The van der Waals surface area contributed by atoms with Crippen LogP contribution in [0.25, 0.3) is 5.69 Å². The van der Waals surface area contributed by atoms with Crippen LogP contribution in [0, 0.1) is 13.8 Å². The third-order valence-electron chi connectivity index (χ3n) is 4.63. The summed E-state index contributed by atoms with van der Waals surface area (Å²) in [7, 11) is 0. The van der Waals surface area contributed by atoms with Crippen molar-refractivity contribution in [1.29, 1.82) is 0 Å². The Bertz CT molecular complexity index is 901. The van der Waals surface area contributed by atoms with Crippen molar-refractivity contribution < 1.29 is 14.3 Å². The van der Waals surface area contributed by atoms with Gasteiger partial charge in [-0.3, -0.25) is 9.59 Å². The van der Waals surface area contributed by atoms with E-state index in [4.69, 9.17) is 4.74 Å². The number of ether oxygens (including phenoxy) is 1. The molecule has 1 aromatic carbocycles. The molecule has 2 aromatic rings. The number of hydrogen-bond acceptors (Lipinski definition) is 4. The lowest BCUT2D eigenvalue weighted by atomic mass is 10.2. The van der Waals surface area contributed by atoms with Gasteiger partial charge in [-0.2, -0.15) is 5.10 Å². The van der Waals surface area contributed by atoms with Crippen LogP contribution < -0.4 is 10.7 Å². The molecule has 1 atom stereocenters. The molecule has 28 heavy (non-hydrogen) atoms. The van der Waals surface area contributed by atoms with Crippen molar-refractivity contribution in [2.45, 2.75) is 32.8 Å². The number of hydrazone groups is 1. The maximum atomic E-state index is 11.9. The van der Waals surface area contributed by atoms with Gasteiger partial charge in [-0.15, -0.1) is 0 Å². The molecule has 1 aliphatic heterocycles. The number of aromatic nitrogens is 1. The quantitative estimate of drug-likeness (QED) is 0.420. The topological polar surface area (TPSA) is 84.7 Å². The molecule has 2 amide bonds. The molecule has 2 N–H and O–H groups in total. The van der Waals surface area contributed by atoms with E-state index in [0.717, 1.165) is 40.0 Å². The molecule has 0 radical (unpaired) electrons. The molecule has 1 saturated heterocycles. The smallest absolute Gasteiger partial charge is 0.329 e. The predicted molar refractivity (Wildman–Crippen MR) is 111 cm³/mol. The fraction of sp³-hybridized carbons (Fsp3) is 0.350. The van der Waals surface area contributed by atoms with Crippen molar-refractivity contribution in [2.24, 2.45) is 5.10 Å². The van der Waals surface area contributed by atoms with Gasteiger partial charge in [0.05, 0.1) is 12.3 Å². The summed E-state index contributed by atoms with van der Waals surface area (Å²) < 4.78 is 8.51. The van der Waals surface area contributed by atoms with Crippen LogP contribution >= 0.6 is 15.9 Å². The Labute approximate surface area is 172 Å². The Kier molecular flexibility index (Phi) is 6.64. The Morgan fingerprint density at radius 1 is 1.32 bits per heavy atom. The predicted octanol–water partition coefficient (Wildman–Crippen LogP) is 2.60. The van der Waals surface area contributed by atoms with Crippen molar-refractivity contribution in [3.63, 3.8) is 0 Å². The number of rotatable bonds is 5. The van der Waals surface area contributed by atoms with E-state index in [2.05, 4.69) is 36.3 Å². The number of benzene rings is 1. The summed E-state index contributed by atoms with van der Waals surface area (Å²) in [4.78, 5) is 23.7. The van der Waals surface area contributed by atoms with Crippen molar-refractivity contribution in [3.8, 4) is 5.69 Å². The lowest BCUT2D eigenvalue weighted by Gasteiger charge is -2.10. The third kappa shape index (κ3) is 4.88. The molecule has 148 valence electrons. The maximum absolute atomic E-state index is 11.9. The molecule has 1 fully saturated rings. The molecule has 8 heteroatoms. The largest absolute Gasteiger partial charge is 0.376 e. The number of nitrogens with one attached hydrogen (secondary N) is 2. The summed E-state index contributed by atoms with van der Waals surface area (Å²) in [5.41, 5.74) is 6.18. The number of halogens is 1. The number of hydrogen-bond donors (Lipinski definition) is 2. The van der Waals surface area contributed by atoms with Gasteiger partial charge in [0.15, 0.2) is 0 Å². The molecule has 0 aliphatic carbocycles. The summed E-state index contributed by atoms with van der Waals surface area (Å²) in [5.74, 6) is -1.51. The Morgan fingerprint density at radius 3 is 2.86 bits per heavy atom. The Balaban J connectivity index is 1.60. The molecule has 0 bridgehead atoms. The van der Waals surface area contributed by atoms with E-state index in [-0.39, 0.29) is 6.10 Å². The van der Waals surface area contributed by atoms with Gasteiger partial charge >= 0.3 is 11.8 Å². The number of amides is 2. The van der Waals surface area contributed by atoms with E-state index < -0.39 is 11.8 Å². The van der Waals surface area contributed by atoms with E-state index >= 15 is 0 Å². The minimum Gasteiger partial charge on any atom is -0.376 e. The van der Waals surface area contributed by atoms with E-state index in [1.165, 1.54) is 0 Å². The van der Waals surface area contributed by atoms with Crippen LogP contribution in [0.3, 0.4) is 0 Å². The second kappa shape index (κ2) is 9.16. The maximum Gasteiger partial charge on any atom is 0.329 e. The summed E-state index contributed by atoms with van der Waals surface area (Å²) >= 11 is 3.49. The third-order valence-corrected chi connectivity index (χ3v) is 5.12. The standard InChI is InChI=1S/C20H23BrN4O3/c1-13-9-15(14(2)25(13)17-6-3-5-16(21)10-17)11-23-24-20(27)19(26)22-12-18-7-4-8-28-18/h3,5-6,9-11,18H,4,7-8,12H2,1-2H3,(H,22,26)(H,24,27)/b23-11-/t18-/m1/s1. The Hall–Kier alpha value is -2.45. The molecule has 3 rings (SSSR count). The van der Waals surface area contributed by atoms with Gasteiger partial charge in [0.1, 0.15) is 0 Å². The van der Waals surface area contributed by atoms with Crippen LogP contribution in [0.4, 0.5) is 0 Å². The number of nitrogens with zero attached hydrogens (tertiary/aromatic N) is 2. The monoisotopic (exact) mass is 446 g/mol. The normalized spacial score (nSPS) is 16.5. The van der Waals surface area contributed by atoms with Crippen molar-refractivity contribution in [1.82, 2.24) is 15.3 Å².